The molecular formula is C13H15BrFNO2. The number of hydrogen-bond acceptors (Lipinski definition) is 2. The van der Waals surface area contributed by atoms with Gasteiger partial charge in [-0.25, -0.2) is 4.39 Å². The summed E-state index contributed by atoms with van der Waals surface area (Å²) in [5.74, 6) is -1.06. The van der Waals surface area contributed by atoms with Gasteiger partial charge in [-0.15, -0.1) is 0 Å². The van der Waals surface area contributed by atoms with E-state index < -0.39 is 17.1 Å². The first kappa shape index (κ1) is 14.8. The van der Waals surface area contributed by atoms with E-state index in [4.69, 9.17) is 0 Å². The van der Waals surface area contributed by atoms with E-state index in [1.807, 2.05) is 0 Å². The van der Waals surface area contributed by atoms with Crippen molar-refractivity contribution in [3.8, 4) is 0 Å². The minimum absolute atomic E-state index is 0.0642. The number of ketones is 1. The molecule has 0 radical (unpaired) electrons. The first-order valence-electron chi connectivity index (χ1n) is 5.49. The molecule has 1 aromatic rings. The largest absolute Gasteiger partial charge is 0.345 e. The second-order valence-corrected chi connectivity index (χ2v) is 5.75. The van der Waals surface area contributed by atoms with Crippen LogP contribution in [0, 0.1) is 11.2 Å². The maximum Gasteiger partial charge on any atom is 0.252 e. The lowest BCUT2D eigenvalue weighted by Gasteiger charge is -2.16. The summed E-state index contributed by atoms with van der Waals surface area (Å²) >= 11 is 3.01. The van der Waals surface area contributed by atoms with E-state index in [2.05, 4.69) is 21.2 Å². The Morgan fingerprint density at radius 1 is 1.33 bits per heavy atom. The van der Waals surface area contributed by atoms with Crippen molar-refractivity contribution in [1.29, 1.82) is 0 Å². The predicted octanol–water partition coefficient (Wildman–Crippen LogP) is 2.93. The zero-order valence-corrected chi connectivity index (χ0v) is 12.1. The average molecular weight is 316 g/mol. The summed E-state index contributed by atoms with van der Waals surface area (Å²) in [4.78, 5) is 23.4. The molecule has 0 aromatic heterocycles. The SMILES string of the molecule is CC(C)(C)C(=O)CNC(=O)c1cccc(F)c1Br. The number of nitrogens with one attached hydrogen (secondary N) is 1. The first-order chi connectivity index (χ1) is 8.23. The van der Waals surface area contributed by atoms with Crippen molar-refractivity contribution in [2.75, 3.05) is 6.54 Å². The van der Waals surface area contributed by atoms with Gasteiger partial charge in [0.15, 0.2) is 5.78 Å². The molecule has 0 atom stereocenters. The van der Waals surface area contributed by atoms with E-state index in [0.717, 1.165) is 0 Å². The van der Waals surface area contributed by atoms with E-state index in [9.17, 15) is 14.0 Å². The van der Waals surface area contributed by atoms with Crippen LogP contribution in [-0.4, -0.2) is 18.2 Å². The number of benzene rings is 1. The van der Waals surface area contributed by atoms with Crippen LogP contribution in [0.3, 0.4) is 0 Å². The third-order valence-corrected chi connectivity index (χ3v) is 3.25. The van der Waals surface area contributed by atoms with Crippen LogP contribution in [-0.2, 0) is 4.79 Å². The molecule has 1 rings (SSSR count). The lowest BCUT2D eigenvalue weighted by atomic mass is 9.91. The summed E-state index contributed by atoms with van der Waals surface area (Å²) in [6, 6.07) is 4.19. The molecule has 5 heteroatoms. The molecule has 98 valence electrons. The Kier molecular flexibility index (Phi) is 4.62. The number of amides is 1. The Labute approximate surface area is 114 Å². The molecule has 0 heterocycles. The van der Waals surface area contributed by atoms with E-state index in [0.29, 0.717) is 0 Å². The number of hydrogen-bond donors (Lipinski definition) is 1. The summed E-state index contributed by atoms with van der Waals surface area (Å²) in [5.41, 5.74) is -0.330. The zero-order chi connectivity index (χ0) is 13.9. The molecule has 0 spiro atoms. The monoisotopic (exact) mass is 315 g/mol. The van der Waals surface area contributed by atoms with Crippen molar-refractivity contribution in [1.82, 2.24) is 5.32 Å². The molecule has 0 saturated carbocycles. The lowest BCUT2D eigenvalue weighted by Crippen LogP contribution is -2.35. The molecule has 1 N–H and O–H groups in total. The molecule has 0 bridgehead atoms. The highest BCUT2D eigenvalue weighted by molar-refractivity contribution is 9.10. The van der Waals surface area contributed by atoms with Crippen LogP contribution < -0.4 is 5.32 Å². The molecule has 1 amide bonds. The highest BCUT2D eigenvalue weighted by Gasteiger charge is 2.22. The number of rotatable bonds is 3. The molecule has 1 aromatic carbocycles. The van der Waals surface area contributed by atoms with Gasteiger partial charge in [-0.2, -0.15) is 0 Å². The third kappa shape index (κ3) is 3.63. The minimum atomic E-state index is -0.509. The Balaban J connectivity index is 2.73. The van der Waals surface area contributed by atoms with E-state index in [1.165, 1.54) is 18.2 Å². The van der Waals surface area contributed by atoms with Crippen LogP contribution in [0.2, 0.25) is 0 Å². The van der Waals surface area contributed by atoms with Crippen LogP contribution in [0.4, 0.5) is 4.39 Å². The normalized spacial score (nSPS) is 11.2. The van der Waals surface area contributed by atoms with Crippen molar-refractivity contribution in [2.24, 2.45) is 5.41 Å². The average Bonchev–Trinajstić information content (AvgIpc) is 2.27. The topological polar surface area (TPSA) is 46.2 Å². The molecule has 0 aliphatic rings. The van der Waals surface area contributed by atoms with Crippen LogP contribution >= 0.6 is 15.9 Å². The number of carbonyl (C=O) groups is 2. The number of Topliss-reactive ketones (excluding diaryl/α,β-unsaturated/α-hetero) is 1. The summed E-state index contributed by atoms with van der Waals surface area (Å²) in [6.07, 6.45) is 0. The van der Waals surface area contributed by atoms with Gasteiger partial charge in [0, 0.05) is 5.41 Å². The molecule has 0 saturated heterocycles. The van der Waals surface area contributed by atoms with Crippen LogP contribution in [0.5, 0.6) is 0 Å². The molecule has 0 unspecified atom stereocenters. The Hall–Kier alpha value is -1.23. The fourth-order valence-corrected chi connectivity index (χ4v) is 1.64. The summed E-state index contributed by atoms with van der Waals surface area (Å²) in [5, 5.41) is 2.49. The molecule has 0 aliphatic heterocycles. The smallest absolute Gasteiger partial charge is 0.252 e. The summed E-state index contributed by atoms with van der Waals surface area (Å²) < 4.78 is 13.3. The minimum Gasteiger partial charge on any atom is -0.345 e. The van der Waals surface area contributed by atoms with Gasteiger partial charge in [-0.3, -0.25) is 9.59 Å². The quantitative estimate of drug-likeness (QED) is 0.932. The number of halogens is 2. The second kappa shape index (κ2) is 5.61. The molecule has 0 aliphatic carbocycles. The van der Waals surface area contributed by atoms with Crippen molar-refractivity contribution in [3.05, 3.63) is 34.1 Å². The maximum atomic E-state index is 13.2. The molecule has 18 heavy (non-hydrogen) atoms. The molecular weight excluding hydrogens is 301 g/mol. The Morgan fingerprint density at radius 2 is 1.94 bits per heavy atom. The van der Waals surface area contributed by atoms with Crippen molar-refractivity contribution in [2.45, 2.75) is 20.8 Å². The summed E-state index contributed by atoms with van der Waals surface area (Å²) in [6.45, 7) is 5.27. The van der Waals surface area contributed by atoms with Crippen molar-refractivity contribution < 1.29 is 14.0 Å². The third-order valence-electron chi connectivity index (χ3n) is 2.44. The standard InChI is InChI=1S/C13H15BrFNO2/c1-13(2,3)10(17)7-16-12(18)8-5-4-6-9(15)11(8)14/h4-6H,7H2,1-3H3,(H,16,18). The first-order valence-corrected chi connectivity index (χ1v) is 6.28. The van der Waals surface area contributed by atoms with Crippen molar-refractivity contribution in [3.63, 3.8) is 0 Å². The van der Waals surface area contributed by atoms with Gasteiger partial charge in [0.05, 0.1) is 16.6 Å². The highest BCUT2D eigenvalue weighted by atomic mass is 79.9. The Bertz CT molecular complexity index is 480. The Morgan fingerprint density at radius 3 is 2.50 bits per heavy atom. The van der Waals surface area contributed by atoms with Gasteiger partial charge in [-0.1, -0.05) is 26.8 Å². The van der Waals surface area contributed by atoms with Crippen LogP contribution in [0.15, 0.2) is 22.7 Å². The fourth-order valence-electron chi connectivity index (χ4n) is 1.20. The fraction of sp³-hybridized carbons (Fsp3) is 0.385. The highest BCUT2D eigenvalue weighted by Crippen LogP contribution is 2.20. The maximum absolute atomic E-state index is 13.2. The van der Waals surface area contributed by atoms with Crippen LogP contribution in [0.25, 0.3) is 0 Å². The van der Waals surface area contributed by atoms with Gasteiger partial charge in [0.25, 0.3) is 5.91 Å². The van der Waals surface area contributed by atoms with Crippen LogP contribution in [0.1, 0.15) is 31.1 Å². The van der Waals surface area contributed by atoms with Gasteiger partial charge in [-0.05, 0) is 28.1 Å². The van der Waals surface area contributed by atoms with Gasteiger partial charge in [0.2, 0.25) is 0 Å². The number of carbonyl (C=O) groups excluding carboxylic acids is 2. The lowest BCUT2D eigenvalue weighted by molar-refractivity contribution is -0.125. The zero-order valence-electron chi connectivity index (χ0n) is 10.5. The van der Waals surface area contributed by atoms with Gasteiger partial charge >= 0.3 is 0 Å². The van der Waals surface area contributed by atoms with E-state index in [-0.39, 0.29) is 22.4 Å². The van der Waals surface area contributed by atoms with E-state index >= 15 is 0 Å². The van der Waals surface area contributed by atoms with Crippen molar-refractivity contribution >= 4 is 27.6 Å². The van der Waals surface area contributed by atoms with Gasteiger partial charge in [0.1, 0.15) is 5.82 Å². The second-order valence-electron chi connectivity index (χ2n) is 4.96. The molecule has 3 nitrogen and oxygen atoms in total. The van der Waals surface area contributed by atoms with Gasteiger partial charge < -0.3 is 5.32 Å². The predicted molar refractivity (Wildman–Crippen MR) is 70.9 cm³/mol. The van der Waals surface area contributed by atoms with E-state index in [1.54, 1.807) is 20.8 Å². The summed E-state index contributed by atoms with van der Waals surface area (Å²) in [7, 11) is 0. The molecule has 0 fully saturated rings.